The maximum Gasteiger partial charge on any atom is 0.244 e. The van der Waals surface area contributed by atoms with E-state index in [-0.39, 0.29) is 18.5 Å². The fourth-order valence-electron chi connectivity index (χ4n) is 3.19. The number of piperazine rings is 1. The first-order chi connectivity index (χ1) is 11.3. The summed E-state index contributed by atoms with van der Waals surface area (Å²) in [5.74, 6) is -0.154. The average Bonchev–Trinajstić information content (AvgIpc) is 2.57. The minimum atomic E-state index is -3.68. The Morgan fingerprint density at radius 2 is 1.62 bits per heavy atom. The third-order valence-electron chi connectivity index (χ3n) is 4.90. The molecule has 0 spiro atoms. The first kappa shape index (κ1) is 18.9. The molecule has 0 aliphatic carbocycles. The quantitative estimate of drug-likeness (QED) is 0.816. The molecule has 1 aliphatic rings. The van der Waals surface area contributed by atoms with Crippen molar-refractivity contribution in [3.05, 3.63) is 28.8 Å². The first-order valence-electron chi connectivity index (χ1n) is 8.66. The van der Waals surface area contributed by atoms with Gasteiger partial charge in [-0.25, -0.2) is 8.42 Å². The zero-order chi connectivity index (χ0) is 18.1. The molecule has 1 amide bonds. The van der Waals surface area contributed by atoms with Crippen molar-refractivity contribution in [2.45, 2.75) is 57.9 Å². The summed E-state index contributed by atoms with van der Waals surface area (Å²) in [6.45, 7) is 8.16. The van der Waals surface area contributed by atoms with Crippen molar-refractivity contribution in [1.82, 2.24) is 9.21 Å². The highest BCUT2D eigenvalue weighted by Crippen LogP contribution is 2.29. The van der Waals surface area contributed by atoms with Crippen LogP contribution in [-0.4, -0.2) is 49.7 Å². The standard InChI is InChI=1S/C18H28N2O3S/c1-6-14-9-15(7-2)18(16(8-3)10-14)24(22,23)20-11-13(4)19(5)17(21)12-20/h9-10,13H,6-8,11-12H2,1-5H3. The molecule has 1 unspecified atom stereocenters. The highest BCUT2D eigenvalue weighted by molar-refractivity contribution is 7.89. The molecular weight excluding hydrogens is 324 g/mol. The lowest BCUT2D eigenvalue weighted by molar-refractivity contribution is -0.135. The Morgan fingerprint density at radius 3 is 2.04 bits per heavy atom. The fourth-order valence-corrected chi connectivity index (χ4v) is 5.21. The number of sulfonamides is 1. The zero-order valence-corrected chi connectivity index (χ0v) is 16.1. The van der Waals surface area contributed by atoms with E-state index in [0.29, 0.717) is 24.3 Å². The second kappa shape index (κ2) is 7.23. The van der Waals surface area contributed by atoms with Crippen molar-refractivity contribution in [3.8, 4) is 0 Å². The molecule has 0 N–H and O–H groups in total. The topological polar surface area (TPSA) is 57.7 Å². The predicted molar refractivity (Wildman–Crippen MR) is 95.6 cm³/mol. The van der Waals surface area contributed by atoms with Gasteiger partial charge in [-0.15, -0.1) is 0 Å². The van der Waals surface area contributed by atoms with Crippen LogP contribution in [0.15, 0.2) is 17.0 Å². The highest BCUT2D eigenvalue weighted by Gasteiger charge is 2.36. The number of carbonyl (C=O) groups is 1. The lowest BCUT2D eigenvalue weighted by Gasteiger charge is -2.37. The summed E-state index contributed by atoms with van der Waals surface area (Å²) in [5, 5.41) is 0. The molecule has 1 heterocycles. The Morgan fingerprint density at radius 1 is 1.08 bits per heavy atom. The third kappa shape index (κ3) is 3.35. The van der Waals surface area contributed by atoms with E-state index in [2.05, 4.69) is 6.92 Å². The normalized spacial score (nSPS) is 19.8. The minimum Gasteiger partial charge on any atom is -0.341 e. The second-order valence-electron chi connectivity index (χ2n) is 6.46. The van der Waals surface area contributed by atoms with Crippen molar-refractivity contribution in [3.63, 3.8) is 0 Å². The van der Waals surface area contributed by atoms with E-state index in [0.717, 1.165) is 23.1 Å². The molecule has 0 radical (unpaired) electrons. The van der Waals surface area contributed by atoms with Gasteiger partial charge in [0, 0.05) is 19.6 Å². The Kier molecular flexibility index (Phi) is 5.71. The van der Waals surface area contributed by atoms with Crippen molar-refractivity contribution >= 4 is 15.9 Å². The summed E-state index contributed by atoms with van der Waals surface area (Å²) in [7, 11) is -1.95. The molecule has 1 saturated heterocycles. The molecule has 6 heteroatoms. The van der Waals surface area contributed by atoms with Gasteiger partial charge in [0.15, 0.2) is 0 Å². The Labute approximate surface area is 145 Å². The van der Waals surface area contributed by atoms with Gasteiger partial charge in [0.1, 0.15) is 0 Å². The molecule has 1 aromatic carbocycles. The molecule has 134 valence electrons. The van der Waals surface area contributed by atoms with Crippen molar-refractivity contribution in [1.29, 1.82) is 0 Å². The van der Waals surface area contributed by atoms with Crippen LogP contribution in [0.3, 0.4) is 0 Å². The number of aryl methyl sites for hydroxylation is 3. The second-order valence-corrected chi connectivity index (χ2v) is 8.33. The van der Waals surface area contributed by atoms with Gasteiger partial charge in [-0.05, 0) is 42.9 Å². The van der Waals surface area contributed by atoms with Crippen LogP contribution in [0.2, 0.25) is 0 Å². The minimum absolute atomic E-state index is 0.0784. The van der Waals surface area contributed by atoms with Crippen LogP contribution >= 0.6 is 0 Å². The Hall–Kier alpha value is -1.40. The zero-order valence-electron chi connectivity index (χ0n) is 15.3. The van der Waals surface area contributed by atoms with Gasteiger partial charge in [-0.3, -0.25) is 4.79 Å². The number of nitrogens with zero attached hydrogens (tertiary/aromatic N) is 2. The summed E-state index contributed by atoms with van der Waals surface area (Å²) in [4.78, 5) is 14.2. The van der Waals surface area contributed by atoms with Gasteiger partial charge in [-0.1, -0.05) is 32.9 Å². The molecule has 0 bridgehead atoms. The number of hydrogen-bond donors (Lipinski definition) is 0. The lowest BCUT2D eigenvalue weighted by atomic mass is 10.0. The first-order valence-corrected chi connectivity index (χ1v) is 10.1. The van der Waals surface area contributed by atoms with Gasteiger partial charge in [0.05, 0.1) is 11.4 Å². The molecular formula is C18H28N2O3S. The van der Waals surface area contributed by atoms with Crippen LogP contribution in [0.4, 0.5) is 0 Å². The average molecular weight is 353 g/mol. The maximum absolute atomic E-state index is 13.3. The van der Waals surface area contributed by atoms with Crippen molar-refractivity contribution < 1.29 is 13.2 Å². The van der Waals surface area contributed by atoms with Gasteiger partial charge in [0.2, 0.25) is 15.9 Å². The molecule has 1 aliphatic heterocycles. The van der Waals surface area contributed by atoms with E-state index < -0.39 is 10.0 Å². The van der Waals surface area contributed by atoms with E-state index >= 15 is 0 Å². The van der Waals surface area contributed by atoms with Crippen LogP contribution in [-0.2, 0) is 34.1 Å². The molecule has 0 saturated carbocycles. The predicted octanol–water partition coefficient (Wildman–Crippen LogP) is 2.22. The van der Waals surface area contributed by atoms with Crippen LogP contribution in [0.1, 0.15) is 44.4 Å². The molecule has 24 heavy (non-hydrogen) atoms. The Bertz CT molecular complexity index is 703. The maximum atomic E-state index is 13.3. The molecule has 1 fully saturated rings. The number of hydrogen-bond acceptors (Lipinski definition) is 3. The molecule has 5 nitrogen and oxygen atoms in total. The summed E-state index contributed by atoms with van der Waals surface area (Å²) < 4.78 is 27.9. The van der Waals surface area contributed by atoms with Crippen LogP contribution < -0.4 is 0 Å². The van der Waals surface area contributed by atoms with E-state index in [1.807, 2.05) is 32.9 Å². The number of rotatable bonds is 5. The molecule has 0 aromatic heterocycles. The van der Waals surface area contributed by atoms with Gasteiger partial charge >= 0.3 is 0 Å². The van der Waals surface area contributed by atoms with E-state index in [4.69, 9.17) is 0 Å². The molecule has 1 atom stereocenters. The monoisotopic (exact) mass is 352 g/mol. The van der Waals surface area contributed by atoms with Crippen molar-refractivity contribution in [2.75, 3.05) is 20.1 Å². The van der Waals surface area contributed by atoms with E-state index in [1.165, 1.54) is 4.31 Å². The number of likely N-dealkylation sites (N-methyl/N-ethyl adjacent to an activating group) is 1. The number of amides is 1. The fraction of sp³-hybridized carbons (Fsp3) is 0.611. The van der Waals surface area contributed by atoms with Crippen LogP contribution in [0.5, 0.6) is 0 Å². The summed E-state index contributed by atoms with van der Waals surface area (Å²) >= 11 is 0. The Balaban J connectivity index is 2.55. The molecule has 2 rings (SSSR count). The third-order valence-corrected chi connectivity index (χ3v) is 6.90. The van der Waals surface area contributed by atoms with Gasteiger partial charge in [0.25, 0.3) is 0 Å². The van der Waals surface area contributed by atoms with Crippen LogP contribution in [0, 0.1) is 0 Å². The van der Waals surface area contributed by atoms with E-state index in [9.17, 15) is 13.2 Å². The molecule has 1 aromatic rings. The van der Waals surface area contributed by atoms with Gasteiger partial charge in [-0.2, -0.15) is 4.31 Å². The smallest absolute Gasteiger partial charge is 0.244 e. The largest absolute Gasteiger partial charge is 0.341 e. The summed E-state index contributed by atoms with van der Waals surface area (Å²) in [5.41, 5.74) is 2.86. The summed E-state index contributed by atoms with van der Waals surface area (Å²) in [6.07, 6.45) is 2.20. The highest BCUT2D eigenvalue weighted by atomic mass is 32.2. The van der Waals surface area contributed by atoms with E-state index in [1.54, 1.807) is 11.9 Å². The lowest BCUT2D eigenvalue weighted by Crippen LogP contribution is -2.55. The number of carbonyl (C=O) groups excluding carboxylic acids is 1. The number of benzene rings is 1. The summed E-state index contributed by atoms with van der Waals surface area (Å²) in [6, 6.07) is 3.87. The van der Waals surface area contributed by atoms with Gasteiger partial charge < -0.3 is 4.90 Å². The van der Waals surface area contributed by atoms with Crippen LogP contribution in [0.25, 0.3) is 0 Å². The van der Waals surface area contributed by atoms with Crippen molar-refractivity contribution in [2.24, 2.45) is 0 Å². The SMILES string of the molecule is CCc1cc(CC)c(S(=O)(=O)N2CC(=O)N(C)C(C)C2)c(CC)c1.